The average Bonchev–Trinajstić information content (AvgIpc) is 2.88. The molecule has 25 heavy (non-hydrogen) atoms. The maximum atomic E-state index is 12.6. The summed E-state index contributed by atoms with van der Waals surface area (Å²) in [5.41, 5.74) is 1.25. The van der Waals surface area contributed by atoms with Crippen LogP contribution in [0.15, 0.2) is 72.8 Å². The highest BCUT2D eigenvalue weighted by Gasteiger charge is 2.45. The van der Waals surface area contributed by atoms with Gasteiger partial charge in [0.1, 0.15) is 5.76 Å². The zero-order valence-electron chi connectivity index (χ0n) is 13.4. The van der Waals surface area contributed by atoms with Gasteiger partial charge in [-0.1, -0.05) is 60.1 Å². The number of benzene rings is 2. The first-order valence-corrected chi connectivity index (χ1v) is 8.12. The quantitative estimate of drug-likeness (QED) is 0.392. The minimum Gasteiger partial charge on any atom is -0.507 e. The van der Waals surface area contributed by atoms with Crippen molar-refractivity contribution < 1.29 is 14.7 Å². The second-order valence-corrected chi connectivity index (χ2v) is 6.09. The monoisotopic (exact) mass is 353 g/mol. The Bertz CT molecular complexity index is 856. The van der Waals surface area contributed by atoms with Crippen LogP contribution in [0.3, 0.4) is 0 Å². The van der Waals surface area contributed by atoms with E-state index in [9.17, 15) is 14.7 Å². The predicted octanol–water partition coefficient (Wildman–Crippen LogP) is 3.95. The van der Waals surface area contributed by atoms with Gasteiger partial charge >= 0.3 is 0 Å². The SMILES string of the molecule is C=CCN1C(=O)C(=O)C(=C(O)c2ccccc2)C1c1ccc(Cl)cc1. The van der Waals surface area contributed by atoms with E-state index < -0.39 is 17.7 Å². The minimum atomic E-state index is -0.705. The molecule has 2 aromatic carbocycles. The summed E-state index contributed by atoms with van der Waals surface area (Å²) in [6.45, 7) is 3.85. The standard InChI is InChI=1S/C20H16ClNO3/c1-2-12-22-17(13-8-10-15(21)11-9-13)16(19(24)20(22)25)18(23)14-6-4-3-5-7-14/h2-11,17,23H,1,12H2. The summed E-state index contributed by atoms with van der Waals surface area (Å²) < 4.78 is 0. The molecule has 1 amide bonds. The van der Waals surface area contributed by atoms with Gasteiger partial charge in [0, 0.05) is 17.1 Å². The van der Waals surface area contributed by atoms with E-state index in [0.29, 0.717) is 16.1 Å². The van der Waals surface area contributed by atoms with E-state index in [4.69, 9.17) is 11.6 Å². The van der Waals surface area contributed by atoms with E-state index in [1.54, 1.807) is 54.6 Å². The summed E-state index contributed by atoms with van der Waals surface area (Å²) in [5, 5.41) is 11.3. The Morgan fingerprint density at radius 1 is 1.12 bits per heavy atom. The summed E-state index contributed by atoms with van der Waals surface area (Å²) in [4.78, 5) is 26.4. The summed E-state index contributed by atoms with van der Waals surface area (Å²) >= 11 is 5.94. The maximum Gasteiger partial charge on any atom is 0.295 e. The molecule has 0 radical (unpaired) electrons. The fourth-order valence-corrected chi connectivity index (χ4v) is 3.08. The van der Waals surface area contributed by atoms with Gasteiger partial charge in [-0.3, -0.25) is 9.59 Å². The van der Waals surface area contributed by atoms with Crippen LogP contribution in [0.4, 0.5) is 0 Å². The van der Waals surface area contributed by atoms with Crippen molar-refractivity contribution in [3.63, 3.8) is 0 Å². The van der Waals surface area contributed by atoms with Crippen LogP contribution >= 0.6 is 11.6 Å². The van der Waals surface area contributed by atoms with Gasteiger partial charge in [0.05, 0.1) is 11.6 Å². The number of aliphatic hydroxyl groups is 1. The van der Waals surface area contributed by atoms with Crippen molar-refractivity contribution in [2.24, 2.45) is 0 Å². The lowest BCUT2D eigenvalue weighted by atomic mass is 9.95. The number of amides is 1. The number of halogens is 1. The van der Waals surface area contributed by atoms with Crippen LogP contribution in [0.25, 0.3) is 5.76 Å². The van der Waals surface area contributed by atoms with Crippen molar-refractivity contribution in [2.75, 3.05) is 6.54 Å². The summed E-state index contributed by atoms with van der Waals surface area (Å²) in [6, 6.07) is 14.9. The molecular formula is C20H16ClNO3. The highest BCUT2D eigenvalue weighted by atomic mass is 35.5. The number of nitrogens with zero attached hydrogens (tertiary/aromatic N) is 1. The van der Waals surface area contributed by atoms with Crippen LogP contribution in [0.2, 0.25) is 5.02 Å². The average molecular weight is 354 g/mol. The third-order valence-electron chi connectivity index (χ3n) is 4.10. The van der Waals surface area contributed by atoms with Crippen LogP contribution in [-0.4, -0.2) is 28.2 Å². The van der Waals surface area contributed by atoms with E-state index in [2.05, 4.69) is 6.58 Å². The molecule has 0 saturated carbocycles. The first-order chi connectivity index (χ1) is 12.0. The Hall–Kier alpha value is -2.85. The lowest BCUT2D eigenvalue weighted by Gasteiger charge is -2.24. The molecule has 1 atom stereocenters. The van der Waals surface area contributed by atoms with Gasteiger partial charge in [-0.25, -0.2) is 0 Å². The molecule has 0 bridgehead atoms. The van der Waals surface area contributed by atoms with E-state index in [1.807, 2.05) is 6.07 Å². The van der Waals surface area contributed by atoms with Crippen LogP contribution < -0.4 is 0 Å². The number of hydrogen-bond donors (Lipinski definition) is 1. The molecule has 0 spiro atoms. The van der Waals surface area contributed by atoms with Crippen molar-refractivity contribution in [1.29, 1.82) is 0 Å². The van der Waals surface area contributed by atoms with Crippen LogP contribution in [0.1, 0.15) is 17.2 Å². The van der Waals surface area contributed by atoms with Gasteiger partial charge < -0.3 is 10.0 Å². The Morgan fingerprint density at radius 2 is 1.76 bits per heavy atom. The van der Waals surface area contributed by atoms with E-state index in [1.165, 1.54) is 4.90 Å². The molecular weight excluding hydrogens is 338 g/mol. The first-order valence-electron chi connectivity index (χ1n) is 7.74. The van der Waals surface area contributed by atoms with Crippen molar-refractivity contribution >= 4 is 29.1 Å². The smallest absolute Gasteiger partial charge is 0.295 e. The molecule has 0 aromatic heterocycles. The first kappa shape index (κ1) is 17.0. The molecule has 1 heterocycles. The van der Waals surface area contributed by atoms with Gasteiger partial charge in [0.2, 0.25) is 0 Å². The topological polar surface area (TPSA) is 57.6 Å². The van der Waals surface area contributed by atoms with Crippen molar-refractivity contribution in [1.82, 2.24) is 4.90 Å². The lowest BCUT2D eigenvalue weighted by Crippen LogP contribution is -2.29. The molecule has 0 aliphatic carbocycles. The van der Waals surface area contributed by atoms with Crippen molar-refractivity contribution in [2.45, 2.75) is 6.04 Å². The highest BCUT2D eigenvalue weighted by Crippen LogP contribution is 2.39. The van der Waals surface area contributed by atoms with Gasteiger partial charge in [0.25, 0.3) is 11.7 Å². The van der Waals surface area contributed by atoms with Crippen LogP contribution in [-0.2, 0) is 9.59 Å². The number of carbonyl (C=O) groups is 2. The number of Topliss-reactive ketones (excluding diaryl/α,β-unsaturated/α-hetero) is 1. The van der Waals surface area contributed by atoms with E-state index in [0.717, 1.165) is 0 Å². The molecule has 2 aromatic rings. The van der Waals surface area contributed by atoms with Gasteiger partial charge in [0.15, 0.2) is 0 Å². The number of hydrogen-bond acceptors (Lipinski definition) is 3. The Labute approximate surface area is 150 Å². The number of likely N-dealkylation sites (tertiary alicyclic amines) is 1. The molecule has 5 heteroatoms. The zero-order chi connectivity index (χ0) is 18.0. The van der Waals surface area contributed by atoms with E-state index >= 15 is 0 Å². The van der Waals surface area contributed by atoms with Gasteiger partial charge in [-0.05, 0) is 17.7 Å². The third kappa shape index (κ3) is 3.08. The van der Waals surface area contributed by atoms with Crippen LogP contribution in [0, 0.1) is 0 Å². The fraction of sp³-hybridized carbons (Fsp3) is 0.100. The molecule has 1 saturated heterocycles. The molecule has 1 fully saturated rings. The molecule has 1 aliphatic rings. The van der Waals surface area contributed by atoms with Gasteiger partial charge in [-0.2, -0.15) is 0 Å². The van der Waals surface area contributed by atoms with Crippen LogP contribution in [0.5, 0.6) is 0 Å². The highest BCUT2D eigenvalue weighted by molar-refractivity contribution is 6.46. The molecule has 3 rings (SSSR count). The van der Waals surface area contributed by atoms with E-state index in [-0.39, 0.29) is 17.9 Å². The molecule has 1 unspecified atom stereocenters. The second kappa shape index (κ2) is 6.95. The maximum absolute atomic E-state index is 12.6. The normalized spacial score (nSPS) is 19.2. The lowest BCUT2D eigenvalue weighted by molar-refractivity contribution is -0.139. The Balaban J connectivity index is 2.19. The second-order valence-electron chi connectivity index (χ2n) is 5.66. The molecule has 1 N–H and O–H groups in total. The Kier molecular flexibility index (Phi) is 4.72. The summed E-state index contributed by atoms with van der Waals surface area (Å²) in [6.07, 6.45) is 1.55. The zero-order valence-corrected chi connectivity index (χ0v) is 14.1. The third-order valence-corrected chi connectivity index (χ3v) is 4.35. The molecule has 4 nitrogen and oxygen atoms in total. The summed E-state index contributed by atoms with van der Waals surface area (Å²) in [7, 11) is 0. The predicted molar refractivity (Wildman–Crippen MR) is 97.1 cm³/mol. The fourth-order valence-electron chi connectivity index (χ4n) is 2.95. The number of rotatable bonds is 4. The van der Waals surface area contributed by atoms with Crippen molar-refractivity contribution in [3.8, 4) is 0 Å². The van der Waals surface area contributed by atoms with Gasteiger partial charge in [-0.15, -0.1) is 6.58 Å². The summed E-state index contributed by atoms with van der Waals surface area (Å²) in [5.74, 6) is -1.55. The number of carbonyl (C=O) groups excluding carboxylic acids is 2. The largest absolute Gasteiger partial charge is 0.507 e. The minimum absolute atomic E-state index is 0.0698. The Morgan fingerprint density at radius 3 is 2.36 bits per heavy atom. The van der Waals surface area contributed by atoms with Crippen molar-refractivity contribution in [3.05, 3.63) is 89.0 Å². The number of aliphatic hydroxyl groups excluding tert-OH is 1. The molecule has 1 aliphatic heterocycles. The number of ketones is 1. The molecule has 126 valence electrons.